The maximum Gasteiger partial charge on any atom is 0.234 e. The summed E-state index contributed by atoms with van der Waals surface area (Å²) in [6, 6.07) is 10.6. The van der Waals surface area contributed by atoms with Gasteiger partial charge in [-0.25, -0.2) is 4.68 Å². The molecule has 0 aliphatic heterocycles. The van der Waals surface area contributed by atoms with Crippen LogP contribution in [0.4, 0.5) is 5.69 Å². The van der Waals surface area contributed by atoms with Gasteiger partial charge < -0.3 is 5.32 Å². The Morgan fingerprint density at radius 1 is 1.12 bits per heavy atom. The van der Waals surface area contributed by atoms with E-state index in [1.54, 1.807) is 24.3 Å². The first-order chi connectivity index (χ1) is 12.0. The summed E-state index contributed by atoms with van der Waals surface area (Å²) in [5, 5.41) is 11.6. The third kappa shape index (κ3) is 3.97. The van der Waals surface area contributed by atoms with E-state index in [1.807, 2.05) is 40.8 Å². The van der Waals surface area contributed by atoms with Crippen LogP contribution in [0.25, 0.3) is 0 Å². The van der Waals surface area contributed by atoms with Gasteiger partial charge in [-0.3, -0.25) is 14.3 Å². The summed E-state index contributed by atoms with van der Waals surface area (Å²) in [6.07, 6.45) is 3.77. The fourth-order valence-electron chi connectivity index (χ4n) is 2.27. The Morgan fingerprint density at radius 3 is 2.44 bits per heavy atom. The molecule has 0 radical (unpaired) electrons. The molecule has 25 heavy (non-hydrogen) atoms. The van der Waals surface area contributed by atoms with Crippen LogP contribution in [0.1, 0.15) is 23.1 Å². The minimum atomic E-state index is -0.153. The van der Waals surface area contributed by atoms with Crippen molar-refractivity contribution in [1.29, 1.82) is 0 Å². The van der Waals surface area contributed by atoms with Gasteiger partial charge in [-0.2, -0.15) is 0 Å². The number of Topliss-reactive ketones (excluding diaryl/α,β-unsaturated/α-hetero) is 1. The normalized spacial score (nSPS) is 10.6. The molecule has 0 saturated heterocycles. The number of hydrogen-bond acceptors (Lipinski definition) is 5. The molecule has 2 aromatic heterocycles. The number of benzene rings is 1. The average Bonchev–Trinajstić information content (AvgIpc) is 3.22. The molecule has 2 heterocycles. The lowest BCUT2D eigenvalue weighted by atomic mass is 10.1. The van der Waals surface area contributed by atoms with Gasteiger partial charge in [0.05, 0.1) is 5.75 Å². The van der Waals surface area contributed by atoms with Crippen molar-refractivity contribution >= 4 is 29.1 Å². The summed E-state index contributed by atoms with van der Waals surface area (Å²) in [4.78, 5) is 23.4. The Morgan fingerprint density at radius 2 is 1.80 bits per heavy atom. The second-order valence-electron chi connectivity index (χ2n) is 5.38. The van der Waals surface area contributed by atoms with Gasteiger partial charge in [0.15, 0.2) is 11.6 Å². The summed E-state index contributed by atoms with van der Waals surface area (Å²) >= 11 is 1.30. The molecule has 0 aliphatic rings. The van der Waals surface area contributed by atoms with Crippen molar-refractivity contribution < 1.29 is 9.59 Å². The Balaban J connectivity index is 1.62. The molecule has 0 unspecified atom stereocenters. The molecule has 0 spiro atoms. The lowest BCUT2D eigenvalue weighted by Gasteiger charge is -2.09. The Hall–Kier alpha value is -2.87. The van der Waals surface area contributed by atoms with Crippen LogP contribution in [0.5, 0.6) is 0 Å². The van der Waals surface area contributed by atoms with Crippen molar-refractivity contribution in [3.8, 4) is 0 Å². The number of carbonyl (C=O) groups is 2. The summed E-state index contributed by atoms with van der Waals surface area (Å²) in [5.41, 5.74) is 1.27. The zero-order valence-corrected chi connectivity index (χ0v) is 14.7. The number of aryl methyl sites for hydroxylation is 1. The fourth-order valence-corrected chi connectivity index (χ4v) is 3.05. The molecule has 0 atom stereocenters. The first-order valence-electron chi connectivity index (χ1n) is 7.64. The largest absolute Gasteiger partial charge is 0.325 e. The van der Waals surface area contributed by atoms with E-state index in [9.17, 15) is 9.59 Å². The van der Waals surface area contributed by atoms with E-state index in [1.165, 1.54) is 18.7 Å². The molecule has 7 nitrogen and oxygen atoms in total. The van der Waals surface area contributed by atoms with Crippen LogP contribution >= 0.6 is 11.8 Å². The predicted octanol–water partition coefficient (Wildman–Crippen LogP) is 2.63. The number of aromatic nitrogens is 4. The first kappa shape index (κ1) is 17.0. The molecule has 0 fully saturated rings. The zero-order chi connectivity index (χ0) is 17.8. The van der Waals surface area contributed by atoms with Crippen molar-refractivity contribution in [2.24, 2.45) is 0 Å². The van der Waals surface area contributed by atoms with E-state index >= 15 is 0 Å². The highest BCUT2D eigenvalue weighted by Crippen LogP contribution is 2.18. The third-order valence-electron chi connectivity index (χ3n) is 3.50. The third-order valence-corrected chi connectivity index (χ3v) is 4.41. The number of ketones is 1. The van der Waals surface area contributed by atoms with Gasteiger partial charge in [0, 0.05) is 23.6 Å². The number of nitrogens with one attached hydrogen (secondary N) is 1. The molecule has 3 aromatic rings. The molecule has 1 N–H and O–H groups in total. The molecule has 1 amide bonds. The fraction of sp³-hybridized carbons (Fsp3) is 0.176. The van der Waals surface area contributed by atoms with Gasteiger partial charge in [-0.1, -0.05) is 11.8 Å². The van der Waals surface area contributed by atoms with Crippen LogP contribution < -0.4 is 5.32 Å². The SMILES string of the molecule is CC(=O)c1ccc(NC(=O)CSc2nnc(C)n2-n2cccc2)cc1. The highest BCUT2D eigenvalue weighted by Gasteiger charge is 2.13. The monoisotopic (exact) mass is 355 g/mol. The number of hydrogen-bond donors (Lipinski definition) is 1. The van der Waals surface area contributed by atoms with Gasteiger partial charge in [0.25, 0.3) is 0 Å². The lowest BCUT2D eigenvalue weighted by Crippen LogP contribution is -2.16. The standard InChI is InChI=1S/C17H17N5O2S/c1-12(23)14-5-7-15(8-6-14)18-16(24)11-25-17-20-19-13(2)22(17)21-9-3-4-10-21/h3-10H,11H2,1-2H3,(H,18,24). The summed E-state index contributed by atoms with van der Waals surface area (Å²) in [6.45, 7) is 3.36. The molecule has 3 rings (SSSR count). The quantitative estimate of drug-likeness (QED) is 0.543. The average molecular weight is 355 g/mol. The molecular formula is C17H17N5O2S. The van der Waals surface area contributed by atoms with E-state index in [4.69, 9.17) is 0 Å². The van der Waals surface area contributed by atoms with E-state index < -0.39 is 0 Å². The molecule has 0 aliphatic carbocycles. The summed E-state index contributed by atoms with van der Waals surface area (Å²) in [5.74, 6) is 0.779. The maximum absolute atomic E-state index is 12.1. The van der Waals surface area contributed by atoms with Crippen LogP contribution in [0.15, 0.2) is 53.9 Å². The molecule has 8 heteroatoms. The van der Waals surface area contributed by atoms with E-state index in [2.05, 4.69) is 15.5 Å². The second-order valence-corrected chi connectivity index (χ2v) is 6.32. The Bertz CT molecular complexity index is 884. The number of carbonyl (C=O) groups excluding carboxylic acids is 2. The topological polar surface area (TPSA) is 81.8 Å². The molecule has 0 bridgehead atoms. The minimum absolute atomic E-state index is 0.00634. The van der Waals surface area contributed by atoms with Crippen molar-refractivity contribution in [3.63, 3.8) is 0 Å². The van der Waals surface area contributed by atoms with Crippen molar-refractivity contribution in [1.82, 2.24) is 19.5 Å². The smallest absolute Gasteiger partial charge is 0.234 e. The maximum atomic E-state index is 12.1. The van der Waals surface area contributed by atoms with Gasteiger partial charge in [-0.05, 0) is 50.2 Å². The Labute approximate surface area is 149 Å². The van der Waals surface area contributed by atoms with Crippen LogP contribution in [0, 0.1) is 6.92 Å². The number of nitrogens with zero attached hydrogens (tertiary/aromatic N) is 4. The number of anilines is 1. The van der Waals surface area contributed by atoms with Gasteiger partial charge in [0.2, 0.25) is 11.1 Å². The van der Waals surface area contributed by atoms with Gasteiger partial charge >= 0.3 is 0 Å². The van der Waals surface area contributed by atoms with Crippen LogP contribution in [-0.2, 0) is 4.79 Å². The zero-order valence-electron chi connectivity index (χ0n) is 13.8. The van der Waals surface area contributed by atoms with Crippen molar-refractivity contribution in [2.45, 2.75) is 19.0 Å². The van der Waals surface area contributed by atoms with E-state index in [0.717, 1.165) is 5.82 Å². The number of rotatable bonds is 6. The van der Waals surface area contributed by atoms with Crippen molar-refractivity contribution in [3.05, 3.63) is 60.2 Å². The number of thioether (sulfide) groups is 1. The first-order valence-corrected chi connectivity index (χ1v) is 8.62. The van der Waals surface area contributed by atoms with Gasteiger partial charge in [0.1, 0.15) is 0 Å². The van der Waals surface area contributed by atoms with Gasteiger partial charge in [-0.15, -0.1) is 10.2 Å². The summed E-state index contributed by atoms with van der Waals surface area (Å²) in [7, 11) is 0. The van der Waals surface area contributed by atoms with Crippen LogP contribution in [0.2, 0.25) is 0 Å². The van der Waals surface area contributed by atoms with Crippen molar-refractivity contribution in [2.75, 3.05) is 11.1 Å². The number of amides is 1. The Kier molecular flexibility index (Phi) is 4.99. The highest BCUT2D eigenvalue weighted by molar-refractivity contribution is 7.99. The van der Waals surface area contributed by atoms with Crippen LogP contribution in [-0.4, -0.2) is 37.0 Å². The van der Waals surface area contributed by atoms with E-state index in [-0.39, 0.29) is 17.4 Å². The molecule has 0 saturated carbocycles. The summed E-state index contributed by atoms with van der Waals surface area (Å²) < 4.78 is 3.69. The second kappa shape index (κ2) is 7.35. The molecular weight excluding hydrogens is 338 g/mol. The highest BCUT2D eigenvalue weighted by atomic mass is 32.2. The molecule has 1 aromatic carbocycles. The molecule has 128 valence electrons. The lowest BCUT2D eigenvalue weighted by molar-refractivity contribution is -0.113. The van der Waals surface area contributed by atoms with Crippen LogP contribution in [0.3, 0.4) is 0 Å². The van der Waals surface area contributed by atoms with E-state index in [0.29, 0.717) is 16.4 Å². The predicted molar refractivity (Wildman–Crippen MR) is 95.8 cm³/mol. The minimum Gasteiger partial charge on any atom is -0.325 e.